The van der Waals surface area contributed by atoms with Crippen LogP contribution in [0.25, 0.3) is 94.2 Å². The normalized spacial score (nSPS) is 12.6. The maximum Gasteiger partial charge on any atom is 0.136 e. The SMILES string of the molecule is C=C(/C=C\C=C\c1ccc(N(c2ccc(-c3cccc4c3ccc3ccccc34)cc2)c2ccccc2-c2ccc3oc4cc5ccccc5cc4c3c2)cc1)c1ccc2c(c1)CCC=C2. The monoisotopic (exact) mass is 843 g/mol. The van der Waals surface area contributed by atoms with Gasteiger partial charge in [0.15, 0.2) is 0 Å². The average Bonchev–Trinajstić information content (AvgIpc) is 3.73. The molecule has 11 aromatic rings. The molecule has 1 aliphatic carbocycles. The second-order valence-corrected chi connectivity index (χ2v) is 17.3. The first-order chi connectivity index (χ1) is 32.6. The van der Waals surface area contributed by atoms with Crippen LogP contribution in [0.3, 0.4) is 0 Å². The lowest BCUT2D eigenvalue weighted by atomic mass is 9.93. The average molecular weight is 844 g/mol. The molecule has 0 unspecified atom stereocenters. The summed E-state index contributed by atoms with van der Waals surface area (Å²) in [6.07, 6.45) is 15.1. The minimum Gasteiger partial charge on any atom is -0.456 e. The highest BCUT2D eigenvalue weighted by atomic mass is 16.3. The second kappa shape index (κ2) is 16.6. The van der Waals surface area contributed by atoms with Crippen LogP contribution in [0.1, 0.15) is 28.7 Å². The fourth-order valence-electron chi connectivity index (χ4n) is 9.85. The van der Waals surface area contributed by atoms with Crippen molar-refractivity contribution in [3.05, 3.63) is 253 Å². The summed E-state index contributed by atoms with van der Waals surface area (Å²) in [5, 5.41) is 9.65. The van der Waals surface area contributed by atoms with Crippen LogP contribution in [0.15, 0.2) is 235 Å². The van der Waals surface area contributed by atoms with E-state index >= 15 is 0 Å². The Hall–Kier alpha value is -8.46. The highest BCUT2D eigenvalue weighted by molar-refractivity contribution is 6.13. The van der Waals surface area contributed by atoms with E-state index in [4.69, 9.17) is 4.42 Å². The Morgan fingerprint density at radius 2 is 1.21 bits per heavy atom. The molecule has 66 heavy (non-hydrogen) atoms. The third kappa shape index (κ3) is 7.19. The molecule has 0 aliphatic heterocycles. The lowest BCUT2D eigenvalue weighted by Gasteiger charge is -2.28. The Bertz CT molecular complexity index is 3770. The molecule has 0 atom stereocenters. The number of benzene rings is 10. The van der Waals surface area contributed by atoms with Gasteiger partial charge in [-0.05, 0) is 144 Å². The van der Waals surface area contributed by atoms with Crippen LogP contribution in [0.4, 0.5) is 17.1 Å². The summed E-state index contributed by atoms with van der Waals surface area (Å²) in [5.74, 6) is 0. The van der Waals surface area contributed by atoms with E-state index in [9.17, 15) is 0 Å². The van der Waals surface area contributed by atoms with Gasteiger partial charge in [-0.15, -0.1) is 0 Å². The number of allylic oxidation sites excluding steroid dienone is 5. The molecule has 0 spiro atoms. The maximum atomic E-state index is 6.43. The van der Waals surface area contributed by atoms with Gasteiger partial charge < -0.3 is 9.32 Å². The molecule has 0 amide bonds. The minimum absolute atomic E-state index is 0.884. The molecule has 2 nitrogen and oxygen atoms in total. The molecular formula is C64H45NO. The first-order valence-electron chi connectivity index (χ1n) is 22.8. The quantitative estimate of drug-likeness (QED) is 0.106. The van der Waals surface area contributed by atoms with Crippen molar-refractivity contribution in [3.63, 3.8) is 0 Å². The van der Waals surface area contributed by atoms with E-state index in [-0.39, 0.29) is 0 Å². The summed E-state index contributed by atoms with van der Waals surface area (Å²) in [7, 11) is 0. The van der Waals surface area contributed by atoms with Gasteiger partial charge in [-0.1, -0.05) is 189 Å². The first kappa shape index (κ1) is 39.2. The lowest BCUT2D eigenvalue weighted by Crippen LogP contribution is -2.11. The summed E-state index contributed by atoms with van der Waals surface area (Å²) in [6, 6.07) is 72.6. The second-order valence-electron chi connectivity index (χ2n) is 17.3. The van der Waals surface area contributed by atoms with Gasteiger partial charge in [0.25, 0.3) is 0 Å². The van der Waals surface area contributed by atoms with Gasteiger partial charge in [-0.2, -0.15) is 0 Å². The predicted octanol–water partition coefficient (Wildman–Crippen LogP) is 18.1. The van der Waals surface area contributed by atoms with Crippen molar-refractivity contribution in [2.75, 3.05) is 4.90 Å². The van der Waals surface area contributed by atoms with Crippen LogP contribution in [0.5, 0.6) is 0 Å². The molecule has 312 valence electrons. The fraction of sp³-hybridized carbons (Fsp3) is 0.0312. The number of anilines is 3. The molecule has 0 saturated heterocycles. The van der Waals surface area contributed by atoms with Gasteiger partial charge in [0.05, 0.1) is 5.69 Å². The number of hydrogen-bond acceptors (Lipinski definition) is 2. The topological polar surface area (TPSA) is 16.4 Å². The van der Waals surface area contributed by atoms with Gasteiger partial charge in [0, 0.05) is 27.7 Å². The van der Waals surface area contributed by atoms with Crippen molar-refractivity contribution in [2.45, 2.75) is 12.8 Å². The Kier molecular flexibility index (Phi) is 9.84. The molecule has 0 saturated carbocycles. The Labute approximate surface area is 385 Å². The van der Waals surface area contributed by atoms with Crippen LogP contribution in [0, 0.1) is 0 Å². The summed E-state index contributed by atoms with van der Waals surface area (Å²) in [4.78, 5) is 2.38. The van der Waals surface area contributed by atoms with Crippen molar-refractivity contribution < 1.29 is 4.42 Å². The predicted molar refractivity (Wildman–Crippen MR) is 283 cm³/mol. The number of para-hydroxylation sites is 1. The van der Waals surface area contributed by atoms with E-state index in [2.05, 4.69) is 248 Å². The molecule has 1 aliphatic rings. The van der Waals surface area contributed by atoms with E-state index in [1.165, 1.54) is 60.1 Å². The van der Waals surface area contributed by atoms with Crippen LogP contribution < -0.4 is 4.90 Å². The van der Waals surface area contributed by atoms with E-state index in [1.807, 2.05) is 0 Å². The highest BCUT2D eigenvalue weighted by Gasteiger charge is 2.19. The molecule has 2 heteroatoms. The first-order valence-corrected chi connectivity index (χ1v) is 22.8. The molecule has 0 N–H and O–H groups in total. The number of furan rings is 1. The Morgan fingerprint density at radius 1 is 0.500 bits per heavy atom. The van der Waals surface area contributed by atoms with Crippen LogP contribution in [-0.4, -0.2) is 0 Å². The van der Waals surface area contributed by atoms with E-state index in [1.54, 1.807) is 0 Å². The summed E-state index contributed by atoms with van der Waals surface area (Å²) < 4.78 is 6.43. The smallest absolute Gasteiger partial charge is 0.136 e. The molecule has 0 fully saturated rings. The standard InChI is InChI=1S/C64H45NO/c1-43(48-28-27-45-15-4-5-17-49(45)39-48)13-2-3-14-44-25-33-53(34-26-44)65(54-35-29-47(30-36-54)56-22-12-23-58-55-20-9-8-16-46(55)31-37-59(56)58)62-24-11-10-21-57(62)52-32-38-63-60(41-52)61-40-50-18-6-7-19-51(50)42-64(61)66-63/h2-4,6-16,18-42H,1,5,17H2/b13-2-,14-3+. The zero-order valence-corrected chi connectivity index (χ0v) is 36.5. The van der Waals surface area contributed by atoms with E-state index in [0.717, 1.165) is 74.1 Å². The van der Waals surface area contributed by atoms with Crippen LogP contribution >= 0.6 is 0 Å². The number of fused-ring (bicyclic) bond motifs is 8. The zero-order valence-electron chi connectivity index (χ0n) is 36.5. The number of hydrogen-bond donors (Lipinski definition) is 0. The Balaban J connectivity index is 0.911. The van der Waals surface area contributed by atoms with E-state index < -0.39 is 0 Å². The molecule has 10 aromatic carbocycles. The summed E-state index contributed by atoms with van der Waals surface area (Å²) >= 11 is 0. The molecule has 1 aromatic heterocycles. The minimum atomic E-state index is 0.884. The third-order valence-electron chi connectivity index (χ3n) is 13.3. The van der Waals surface area contributed by atoms with Crippen molar-refractivity contribution in [1.29, 1.82) is 0 Å². The number of nitrogens with zero attached hydrogens (tertiary/aromatic N) is 1. The van der Waals surface area contributed by atoms with Crippen LogP contribution in [0.2, 0.25) is 0 Å². The highest BCUT2D eigenvalue weighted by Crippen LogP contribution is 2.44. The molecule has 1 heterocycles. The van der Waals surface area contributed by atoms with Crippen molar-refractivity contribution >= 4 is 89.0 Å². The van der Waals surface area contributed by atoms with Gasteiger partial charge in [0.2, 0.25) is 0 Å². The van der Waals surface area contributed by atoms with Gasteiger partial charge in [0.1, 0.15) is 11.2 Å². The van der Waals surface area contributed by atoms with Crippen molar-refractivity contribution in [2.24, 2.45) is 0 Å². The molecule has 0 bridgehead atoms. The number of rotatable bonds is 9. The maximum absolute atomic E-state index is 6.43. The molecule has 0 radical (unpaired) electrons. The van der Waals surface area contributed by atoms with Crippen molar-refractivity contribution in [1.82, 2.24) is 0 Å². The van der Waals surface area contributed by atoms with Crippen LogP contribution in [-0.2, 0) is 6.42 Å². The summed E-state index contributed by atoms with van der Waals surface area (Å²) in [6.45, 7) is 4.37. The molecule has 12 rings (SSSR count). The molecular weight excluding hydrogens is 799 g/mol. The largest absolute Gasteiger partial charge is 0.456 e. The lowest BCUT2D eigenvalue weighted by molar-refractivity contribution is 0.669. The zero-order chi connectivity index (χ0) is 44.0. The fourth-order valence-corrected chi connectivity index (χ4v) is 9.85. The Morgan fingerprint density at radius 3 is 2.08 bits per heavy atom. The number of aryl methyl sites for hydroxylation is 1. The van der Waals surface area contributed by atoms with Crippen molar-refractivity contribution in [3.8, 4) is 22.3 Å². The van der Waals surface area contributed by atoms with Gasteiger partial charge in [-0.3, -0.25) is 0 Å². The van der Waals surface area contributed by atoms with E-state index in [0.29, 0.717) is 0 Å². The summed E-state index contributed by atoms with van der Waals surface area (Å²) in [5.41, 5.74) is 15.7. The third-order valence-corrected chi connectivity index (χ3v) is 13.3. The van der Waals surface area contributed by atoms with Gasteiger partial charge in [-0.25, -0.2) is 0 Å². The van der Waals surface area contributed by atoms with Gasteiger partial charge >= 0.3 is 0 Å².